The average molecular weight is 437 g/mol. The van der Waals surface area contributed by atoms with Gasteiger partial charge in [-0.15, -0.1) is 6.58 Å². The van der Waals surface area contributed by atoms with Crippen LogP contribution in [0.5, 0.6) is 0 Å². The van der Waals surface area contributed by atoms with E-state index in [4.69, 9.17) is 0 Å². The molecule has 0 unspecified atom stereocenters. The van der Waals surface area contributed by atoms with Crippen LogP contribution < -0.4 is 0 Å². The molecule has 4 rings (SSSR count). The lowest BCUT2D eigenvalue weighted by Crippen LogP contribution is -1.90. The lowest BCUT2D eigenvalue weighted by atomic mass is 9.95. The minimum atomic E-state index is -0.152. The number of allylic oxidation sites excluding steroid dienone is 1. The van der Waals surface area contributed by atoms with Crippen LogP contribution in [0.2, 0.25) is 0 Å². The van der Waals surface area contributed by atoms with E-state index in [1.807, 2.05) is 42.5 Å². The van der Waals surface area contributed by atoms with Gasteiger partial charge in [0.1, 0.15) is 5.82 Å². The van der Waals surface area contributed by atoms with Crippen molar-refractivity contribution in [2.24, 2.45) is 0 Å². The molecule has 0 heterocycles. The van der Waals surface area contributed by atoms with E-state index < -0.39 is 0 Å². The van der Waals surface area contributed by atoms with Crippen LogP contribution in [0.15, 0.2) is 91.5 Å². The van der Waals surface area contributed by atoms with E-state index >= 15 is 4.39 Å². The quantitative estimate of drug-likeness (QED) is 0.171. The first-order valence-electron chi connectivity index (χ1n) is 12.2. The number of fused-ring (bicyclic) bond motifs is 1. The molecule has 0 saturated carbocycles. The van der Waals surface area contributed by atoms with Gasteiger partial charge in [-0.2, -0.15) is 0 Å². The third-order valence-electron chi connectivity index (χ3n) is 6.46. The highest BCUT2D eigenvalue weighted by Gasteiger charge is 2.11. The van der Waals surface area contributed by atoms with Gasteiger partial charge in [0.25, 0.3) is 0 Å². The summed E-state index contributed by atoms with van der Waals surface area (Å²) in [4.78, 5) is 0. The van der Waals surface area contributed by atoms with Crippen LogP contribution in [0.4, 0.5) is 4.39 Å². The Bertz CT molecular complexity index is 1200. The van der Waals surface area contributed by atoms with Gasteiger partial charge in [0.15, 0.2) is 0 Å². The molecule has 0 fully saturated rings. The predicted molar refractivity (Wildman–Crippen MR) is 141 cm³/mol. The fraction of sp³-hybridized carbons (Fsp3) is 0.250. The summed E-state index contributed by atoms with van der Waals surface area (Å²) in [6.45, 7) is 6.02. The van der Waals surface area contributed by atoms with Crippen LogP contribution in [-0.4, -0.2) is 0 Å². The third-order valence-corrected chi connectivity index (χ3v) is 6.46. The van der Waals surface area contributed by atoms with E-state index in [0.29, 0.717) is 10.9 Å². The van der Waals surface area contributed by atoms with Gasteiger partial charge in [-0.1, -0.05) is 105 Å². The maximum absolute atomic E-state index is 15.4. The second-order valence-electron chi connectivity index (χ2n) is 8.89. The highest BCUT2D eigenvalue weighted by Crippen LogP contribution is 2.32. The number of hydrogen-bond donors (Lipinski definition) is 0. The molecule has 4 aromatic carbocycles. The molecule has 0 aromatic heterocycles. The number of rotatable bonds is 10. The van der Waals surface area contributed by atoms with Crippen molar-refractivity contribution in [3.8, 4) is 22.3 Å². The second kappa shape index (κ2) is 11.1. The van der Waals surface area contributed by atoms with E-state index in [9.17, 15) is 0 Å². The Kier molecular flexibility index (Phi) is 7.73. The van der Waals surface area contributed by atoms with Gasteiger partial charge in [-0.05, 0) is 65.0 Å². The summed E-state index contributed by atoms with van der Waals surface area (Å²) in [5.74, 6) is -0.152. The number of unbranched alkanes of at least 4 members (excludes halogenated alkanes) is 3. The molecule has 4 aromatic rings. The molecule has 0 bridgehead atoms. The zero-order valence-electron chi connectivity index (χ0n) is 19.6. The van der Waals surface area contributed by atoms with Gasteiger partial charge in [-0.3, -0.25) is 0 Å². The average Bonchev–Trinajstić information content (AvgIpc) is 2.86. The van der Waals surface area contributed by atoms with E-state index in [1.54, 1.807) is 0 Å². The highest BCUT2D eigenvalue weighted by molar-refractivity contribution is 5.91. The van der Waals surface area contributed by atoms with Crippen molar-refractivity contribution >= 4 is 10.8 Å². The summed E-state index contributed by atoms with van der Waals surface area (Å²) < 4.78 is 15.4. The van der Waals surface area contributed by atoms with Crippen LogP contribution in [0.1, 0.15) is 50.2 Å². The lowest BCUT2D eigenvalue weighted by molar-refractivity contribution is 0.643. The van der Waals surface area contributed by atoms with Gasteiger partial charge in [-0.25, -0.2) is 4.39 Å². The zero-order chi connectivity index (χ0) is 23.0. The summed E-state index contributed by atoms with van der Waals surface area (Å²) in [5, 5.41) is 1.60. The van der Waals surface area contributed by atoms with E-state index in [2.05, 4.69) is 56.0 Å². The summed E-state index contributed by atoms with van der Waals surface area (Å²) in [7, 11) is 0. The van der Waals surface area contributed by atoms with Crippen molar-refractivity contribution in [2.45, 2.75) is 51.9 Å². The second-order valence-corrected chi connectivity index (χ2v) is 8.89. The molecular formula is C32H33F. The summed E-state index contributed by atoms with van der Waals surface area (Å²) in [5.41, 5.74) is 6.50. The van der Waals surface area contributed by atoms with Gasteiger partial charge in [0.05, 0.1) is 0 Å². The molecule has 0 spiro atoms. The van der Waals surface area contributed by atoms with Crippen molar-refractivity contribution in [2.75, 3.05) is 0 Å². The summed E-state index contributed by atoms with van der Waals surface area (Å²) in [6.07, 6.45) is 10.1. The molecule has 0 aliphatic carbocycles. The largest absolute Gasteiger partial charge is 0.206 e. The first-order valence-corrected chi connectivity index (χ1v) is 12.2. The minimum Gasteiger partial charge on any atom is -0.206 e. The topological polar surface area (TPSA) is 0 Å². The smallest absolute Gasteiger partial charge is 0.138 e. The minimum absolute atomic E-state index is 0.152. The molecule has 0 aliphatic rings. The molecule has 33 heavy (non-hydrogen) atoms. The van der Waals surface area contributed by atoms with Crippen molar-refractivity contribution < 1.29 is 4.39 Å². The van der Waals surface area contributed by atoms with Gasteiger partial charge < -0.3 is 0 Å². The fourth-order valence-electron chi connectivity index (χ4n) is 4.43. The summed E-state index contributed by atoms with van der Waals surface area (Å²) in [6, 6.07) is 27.0. The predicted octanol–water partition coefficient (Wildman–Crippen LogP) is 9.55. The molecule has 0 aliphatic heterocycles. The molecular weight excluding hydrogens is 403 g/mol. The molecule has 0 nitrogen and oxygen atoms in total. The normalized spacial score (nSPS) is 11.1. The number of aryl methyl sites for hydroxylation is 2. The van der Waals surface area contributed by atoms with Gasteiger partial charge in [0, 0.05) is 10.9 Å². The summed E-state index contributed by atoms with van der Waals surface area (Å²) >= 11 is 0. The van der Waals surface area contributed by atoms with E-state index in [0.717, 1.165) is 35.8 Å². The van der Waals surface area contributed by atoms with E-state index in [1.165, 1.54) is 42.4 Å². The number of halogens is 1. The first-order chi connectivity index (χ1) is 16.2. The molecule has 1 heteroatoms. The molecule has 0 atom stereocenters. The standard InChI is InChI=1S/C32H33F/c1-3-5-7-8-10-25-11-15-26(16-12-25)28-19-21-31-29(23-28)20-22-30(32(31)33)27-17-13-24(14-18-27)9-6-4-2/h4,11-23H,2-3,5-10H2,1H3. The highest BCUT2D eigenvalue weighted by atomic mass is 19.1. The van der Waals surface area contributed by atoms with Crippen molar-refractivity contribution in [1.29, 1.82) is 0 Å². The molecule has 0 amide bonds. The molecule has 168 valence electrons. The maximum atomic E-state index is 15.4. The molecule has 0 N–H and O–H groups in total. The van der Waals surface area contributed by atoms with Crippen molar-refractivity contribution in [1.82, 2.24) is 0 Å². The maximum Gasteiger partial charge on any atom is 0.138 e. The van der Waals surface area contributed by atoms with Gasteiger partial charge >= 0.3 is 0 Å². The Morgan fingerprint density at radius 2 is 1.36 bits per heavy atom. The monoisotopic (exact) mass is 436 g/mol. The Balaban J connectivity index is 1.53. The Hall–Kier alpha value is -3.19. The van der Waals surface area contributed by atoms with Crippen LogP contribution in [0.3, 0.4) is 0 Å². The molecule has 0 radical (unpaired) electrons. The van der Waals surface area contributed by atoms with Crippen LogP contribution in [0, 0.1) is 5.82 Å². The van der Waals surface area contributed by atoms with Crippen LogP contribution in [-0.2, 0) is 12.8 Å². The van der Waals surface area contributed by atoms with Crippen molar-refractivity contribution in [3.05, 3.63) is 108 Å². The van der Waals surface area contributed by atoms with Crippen molar-refractivity contribution in [3.63, 3.8) is 0 Å². The van der Waals surface area contributed by atoms with Crippen LogP contribution >= 0.6 is 0 Å². The SMILES string of the molecule is C=CCCc1ccc(-c2ccc3cc(-c4ccc(CCCCCC)cc4)ccc3c2F)cc1. The lowest BCUT2D eigenvalue weighted by Gasteiger charge is -2.10. The Morgan fingerprint density at radius 1 is 0.697 bits per heavy atom. The van der Waals surface area contributed by atoms with Crippen LogP contribution in [0.25, 0.3) is 33.0 Å². The van der Waals surface area contributed by atoms with E-state index in [-0.39, 0.29) is 5.82 Å². The molecule has 0 saturated heterocycles. The third kappa shape index (κ3) is 5.60. The zero-order valence-corrected chi connectivity index (χ0v) is 19.6. The first kappa shape index (κ1) is 23.0. The Labute approximate surface area is 197 Å². The fourth-order valence-corrected chi connectivity index (χ4v) is 4.43. The Morgan fingerprint density at radius 3 is 2.06 bits per heavy atom. The van der Waals surface area contributed by atoms with Gasteiger partial charge in [0.2, 0.25) is 0 Å². The number of hydrogen-bond acceptors (Lipinski definition) is 0. The number of benzene rings is 4.